The van der Waals surface area contributed by atoms with Crippen LogP contribution in [0.1, 0.15) is 80.4 Å². The van der Waals surface area contributed by atoms with Gasteiger partial charge in [0.1, 0.15) is 17.6 Å². The summed E-state index contributed by atoms with van der Waals surface area (Å²) in [4.78, 5) is 29.0. The van der Waals surface area contributed by atoms with Crippen molar-refractivity contribution in [3.05, 3.63) is 52.2 Å². The van der Waals surface area contributed by atoms with E-state index in [4.69, 9.17) is 21.3 Å². The maximum atomic E-state index is 12.6. The molecule has 0 unspecified atom stereocenters. The van der Waals surface area contributed by atoms with Crippen LogP contribution < -0.4 is 15.4 Å². The number of pyridine rings is 1. The summed E-state index contributed by atoms with van der Waals surface area (Å²) in [6.07, 6.45) is 8.36. The van der Waals surface area contributed by atoms with Gasteiger partial charge in [-0.2, -0.15) is 0 Å². The topological polar surface area (TPSA) is 101 Å². The van der Waals surface area contributed by atoms with Gasteiger partial charge in [0.15, 0.2) is 0 Å². The molecule has 190 valence electrons. The number of hydrogen-bond donors (Lipinski definition) is 3. The highest BCUT2D eigenvalue weighted by atomic mass is 35.5. The van der Waals surface area contributed by atoms with Crippen molar-refractivity contribution in [2.45, 2.75) is 83.8 Å². The predicted molar refractivity (Wildman–Crippen MR) is 139 cm³/mol. The van der Waals surface area contributed by atoms with Crippen molar-refractivity contribution < 1.29 is 19.4 Å². The summed E-state index contributed by atoms with van der Waals surface area (Å²) in [6.45, 7) is 4.79. The van der Waals surface area contributed by atoms with Crippen molar-refractivity contribution in [2.24, 2.45) is 0 Å². The lowest BCUT2D eigenvalue weighted by atomic mass is 10.0. The van der Waals surface area contributed by atoms with E-state index in [0.717, 1.165) is 69.4 Å². The largest absolute Gasteiger partial charge is 0.491 e. The molecule has 1 aromatic heterocycles. The van der Waals surface area contributed by atoms with Crippen LogP contribution in [0.25, 0.3) is 0 Å². The fourth-order valence-corrected chi connectivity index (χ4v) is 4.47. The number of ether oxygens (including phenoxy) is 1. The molecule has 1 aliphatic rings. The number of amides is 1. The molecule has 8 heteroatoms. The molecule has 2 aromatic rings. The van der Waals surface area contributed by atoms with Crippen molar-refractivity contribution in [1.29, 1.82) is 0 Å². The van der Waals surface area contributed by atoms with Crippen molar-refractivity contribution in [1.82, 2.24) is 10.3 Å². The van der Waals surface area contributed by atoms with Crippen molar-refractivity contribution >= 4 is 29.3 Å². The molecule has 0 aliphatic carbocycles. The summed E-state index contributed by atoms with van der Waals surface area (Å²) in [6, 6.07) is 8.16. The fourth-order valence-electron chi connectivity index (χ4n) is 4.21. The van der Waals surface area contributed by atoms with Crippen LogP contribution >= 0.6 is 11.6 Å². The van der Waals surface area contributed by atoms with Gasteiger partial charge in [0.2, 0.25) is 0 Å². The number of aromatic nitrogens is 1. The first-order valence-corrected chi connectivity index (χ1v) is 12.9. The Morgan fingerprint density at radius 1 is 1.14 bits per heavy atom. The Bertz CT molecular complexity index is 1010. The number of unbranched alkanes of at least 4 members (excludes halogenated alkanes) is 4. The van der Waals surface area contributed by atoms with Crippen LogP contribution in [-0.2, 0) is 17.6 Å². The summed E-state index contributed by atoms with van der Waals surface area (Å²) in [7, 11) is 0. The first-order chi connectivity index (χ1) is 16.8. The van der Waals surface area contributed by atoms with Gasteiger partial charge in [0, 0.05) is 12.2 Å². The Balaban J connectivity index is 1.37. The number of carboxylic acids is 1. The maximum Gasteiger partial charge on any atom is 0.326 e. The number of nitrogens with zero attached hydrogens (tertiary/aromatic N) is 1. The van der Waals surface area contributed by atoms with Crippen LogP contribution in [0.5, 0.6) is 5.75 Å². The Hall–Kier alpha value is -2.80. The number of fused-ring (bicyclic) bond motifs is 1. The summed E-state index contributed by atoms with van der Waals surface area (Å²) in [5.41, 5.74) is 2.66. The third kappa shape index (κ3) is 8.42. The maximum absolute atomic E-state index is 12.6. The Morgan fingerprint density at radius 2 is 1.91 bits per heavy atom. The molecule has 3 rings (SSSR count). The molecule has 2 heterocycles. The predicted octanol–water partition coefficient (Wildman–Crippen LogP) is 5.65. The van der Waals surface area contributed by atoms with Gasteiger partial charge in [-0.25, -0.2) is 9.78 Å². The number of carbonyl (C=O) groups excluding carboxylic acids is 1. The molecule has 7 nitrogen and oxygen atoms in total. The summed E-state index contributed by atoms with van der Waals surface area (Å²) in [5.74, 6) is 0.0684. The first kappa shape index (κ1) is 26.8. The molecular formula is C27H36ClN3O4. The van der Waals surface area contributed by atoms with Gasteiger partial charge < -0.3 is 20.5 Å². The van der Waals surface area contributed by atoms with Gasteiger partial charge in [-0.1, -0.05) is 43.4 Å². The van der Waals surface area contributed by atoms with E-state index in [9.17, 15) is 14.7 Å². The second kappa shape index (κ2) is 13.3. The normalized spacial score (nSPS) is 13.6. The minimum atomic E-state index is -1.04. The van der Waals surface area contributed by atoms with E-state index in [1.807, 2.05) is 13.8 Å². The lowest BCUT2D eigenvalue weighted by molar-refractivity contribution is -0.139. The highest BCUT2D eigenvalue weighted by molar-refractivity contribution is 6.34. The first-order valence-electron chi connectivity index (χ1n) is 12.6. The second-order valence-electron chi connectivity index (χ2n) is 9.32. The number of rotatable bonds is 13. The molecule has 3 N–H and O–H groups in total. The van der Waals surface area contributed by atoms with Crippen molar-refractivity contribution in [3.8, 4) is 5.75 Å². The average Bonchev–Trinajstić information content (AvgIpc) is 2.82. The summed E-state index contributed by atoms with van der Waals surface area (Å²) >= 11 is 6.23. The summed E-state index contributed by atoms with van der Waals surface area (Å²) < 4.78 is 5.57. The quantitative estimate of drug-likeness (QED) is 0.307. The smallest absolute Gasteiger partial charge is 0.326 e. The van der Waals surface area contributed by atoms with E-state index in [-0.39, 0.29) is 16.7 Å². The van der Waals surface area contributed by atoms with E-state index in [2.05, 4.69) is 22.8 Å². The molecule has 0 saturated heterocycles. The van der Waals surface area contributed by atoms with Crippen molar-refractivity contribution in [2.75, 3.05) is 11.9 Å². The van der Waals surface area contributed by atoms with Crippen LogP contribution in [0.4, 0.5) is 5.82 Å². The summed E-state index contributed by atoms with van der Waals surface area (Å²) in [5, 5.41) is 15.8. The lowest BCUT2D eigenvalue weighted by Gasteiger charge is -2.17. The van der Waals surface area contributed by atoms with Crippen LogP contribution in [0, 0.1) is 0 Å². The van der Waals surface area contributed by atoms with Gasteiger partial charge in [0.05, 0.1) is 16.7 Å². The van der Waals surface area contributed by atoms with Crippen LogP contribution in [0.2, 0.25) is 5.02 Å². The lowest BCUT2D eigenvalue weighted by Crippen LogP contribution is -2.40. The van der Waals surface area contributed by atoms with Gasteiger partial charge in [-0.15, -0.1) is 0 Å². The molecule has 1 atom stereocenters. The number of aryl methyl sites for hydroxylation is 2. The highest BCUT2D eigenvalue weighted by Crippen LogP contribution is 2.24. The molecular weight excluding hydrogens is 466 g/mol. The fraction of sp³-hybridized carbons (Fsp3) is 0.519. The number of aliphatic carboxylic acids is 1. The van der Waals surface area contributed by atoms with Crippen LogP contribution in [-0.4, -0.2) is 40.7 Å². The van der Waals surface area contributed by atoms with Gasteiger partial charge >= 0.3 is 5.97 Å². The monoisotopic (exact) mass is 501 g/mol. The number of anilines is 1. The zero-order valence-corrected chi connectivity index (χ0v) is 21.4. The number of halogens is 1. The third-order valence-corrected chi connectivity index (χ3v) is 6.35. The van der Waals surface area contributed by atoms with E-state index >= 15 is 0 Å². The third-order valence-electron chi connectivity index (χ3n) is 6.04. The number of carbonyl (C=O) groups is 2. The molecule has 0 radical (unpaired) electrons. The molecule has 0 saturated carbocycles. The van der Waals surface area contributed by atoms with E-state index < -0.39 is 17.9 Å². The number of benzene rings is 1. The van der Waals surface area contributed by atoms with E-state index in [1.54, 1.807) is 18.2 Å². The minimum Gasteiger partial charge on any atom is -0.491 e. The number of hydrogen-bond acceptors (Lipinski definition) is 5. The molecule has 0 fully saturated rings. The Morgan fingerprint density at radius 3 is 2.66 bits per heavy atom. The molecule has 0 bridgehead atoms. The standard InChI is InChI=1S/C27H36ClN3O4/c1-18(2)35-21-14-15-22(23(28)17-21)26(32)31-24(27(33)34)11-7-5-3-4-6-10-20-13-12-19-9-8-16-29-25(19)30-20/h12-15,17-18,24H,3-11,16H2,1-2H3,(H,29,30)(H,31,32)(H,33,34)/t24-/m0/s1. The van der Waals surface area contributed by atoms with Crippen LogP contribution in [0.3, 0.4) is 0 Å². The number of carboxylic acid groups (broad SMARTS) is 1. The molecule has 1 amide bonds. The second-order valence-corrected chi connectivity index (χ2v) is 9.73. The minimum absolute atomic E-state index is 0.0142. The zero-order chi connectivity index (χ0) is 25.2. The number of nitrogens with one attached hydrogen (secondary N) is 2. The zero-order valence-electron chi connectivity index (χ0n) is 20.6. The Kier molecular flexibility index (Phi) is 10.2. The van der Waals surface area contributed by atoms with Crippen molar-refractivity contribution in [3.63, 3.8) is 0 Å². The molecule has 35 heavy (non-hydrogen) atoms. The van der Waals surface area contributed by atoms with Gasteiger partial charge in [-0.05, 0) is 75.8 Å². The van der Waals surface area contributed by atoms with Gasteiger partial charge in [-0.3, -0.25) is 4.79 Å². The van der Waals surface area contributed by atoms with Crippen LogP contribution in [0.15, 0.2) is 30.3 Å². The van der Waals surface area contributed by atoms with E-state index in [1.165, 1.54) is 5.56 Å². The molecule has 0 spiro atoms. The Labute approximate surface area is 212 Å². The molecule has 1 aromatic carbocycles. The average molecular weight is 502 g/mol. The van der Waals surface area contributed by atoms with Gasteiger partial charge in [0.25, 0.3) is 5.91 Å². The van der Waals surface area contributed by atoms with E-state index in [0.29, 0.717) is 12.2 Å². The highest BCUT2D eigenvalue weighted by Gasteiger charge is 2.22. The SMILES string of the molecule is CC(C)Oc1ccc(C(=O)N[C@@H](CCCCCCCc2ccc3c(n2)NCCC3)C(=O)O)c(Cl)c1. The molecule has 1 aliphatic heterocycles.